The lowest BCUT2D eigenvalue weighted by Gasteiger charge is -2.34. The van der Waals surface area contributed by atoms with Crippen molar-refractivity contribution in [3.63, 3.8) is 0 Å². The van der Waals surface area contributed by atoms with E-state index in [1.807, 2.05) is 0 Å². The number of piperidine rings is 1. The molecule has 2 heteroatoms. The average molecular weight is 272 g/mol. The quantitative estimate of drug-likeness (QED) is 0.883. The van der Waals surface area contributed by atoms with E-state index in [9.17, 15) is 0 Å². The van der Waals surface area contributed by atoms with Crippen LogP contribution in [-0.4, -0.2) is 30.6 Å². The van der Waals surface area contributed by atoms with E-state index >= 15 is 0 Å². The molecular weight excluding hydrogens is 244 g/mol. The van der Waals surface area contributed by atoms with E-state index in [1.54, 1.807) is 0 Å². The molecule has 3 rings (SSSR count). The minimum atomic E-state index is 0.718. The molecule has 1 aliphatic carbocycles. The molecule has 1 saturated heterocycles. The molecule has 20 heavy (non-hydrogen) atoms. The van der Waals surface area contributed by atoms with E-state index in [4.69, 9.17) is 0 Å². The standard InChI is InChI=1S/C18H28N2/c1-2-6-16(7-3-1)14-19-18-10-12-20(13-11-18)15-17-8-4-5-9-17/h1-3,6-7,17-19H,4-5,8-15H2. The van der Waals surface area contributed by atoms with Gasteiger partial charge in [-0.3, -0.25) is 0 Å². The van der Waals surface area contributed by atoms with Gasteiger partial charge in [-0.2, -0.15) is 0 Å². The van der Waals surface area contributed by atoms with Crippen molar-refractivity contribution in [3.8, 4) is 0 Å². The second-order valence-electron chi connectivity index (χ2n) is 6.59. The summed E-state index contributed by atoms with van der Waals surface area (Å²) in [6, 6.07) is 11.5. The zero-order valence-electron chi connectivity index (χ0n) is 12.6. The topological polar surface area (TPSA) is 15.3 Å². The summed E-state index contributed by atoms with van der Waals surface area (Å²) in [5.74, 6) is 1.00. The van der Waals surface area contributed by atoms with Gasteiger partial charge >= 0.3 is 0 Å². The van der Waals surface area contributed by atoms with Crippen molar-refractivity contribution in [1.29, 1.82) is 0 Å². The molecule has 0 atom stereocenters. The number of benzene rings is 1. The Labute approximate surface area is 123 Å². The number of nitrogens with one attached hydrogen (secondary N) is 1. The second kappa shape index (κ2) is 7.24. The molecule has 0 unspecified atom stereocenters. The molecule has 0 bridgehead atoms. The zero-order chi connectivity index (χ0) is 13.6. The molecule has 2 nitrogen and oxygen atoms in total. The van der Waals surface area contributed by atoms with Gasteiger partial charge in [-0.25, -0.2) is 0 Å². The molecule has 1 aromatic rings. The van der Waals surface area contributed by atoms with Gasteiger partial charge < -0.3 is 10.2 Å². The Hall–Kier alpha value is -0.860. The molecule has 0 radical (unpaired) electrons. The van der Waals surface area contributed by atoms with Gasteiger partial charge in [0.15, 0.2) is 0 Å². The van der Waals surface area contributed by atoms with Gasteiger partial charge in [0.1, 0.15) is 0 Å². The molecule has 2 aliphatic rings. The van der Waals surface area contributed by atoms with Crippen LogP contribution >= 0.6 is 0 Å². The van der Waals surface area contributed by atoms with Crippen LogP contribution in [0.3, 0.4) is 0 Å². The smallest absolute Gasteiger partial charge is 0.0208 e. The van der Waals surface area contributed by atoms with Crippen LogP contribution in [0, 0.1) is 5.92 Å². The van der Waals surface area contributed by atoms with E-state index in [-0.39, 0.29) is 0 Å². The maximum absolute atomic E-state index is 3.73. The highest BCUT2D eigenvalue weighted by Gasteiger charge is 2.23. The van der Waals surface area contributed by atoms with Crippen molar-refractivity contribution in [1.82, 2.24) is 10.2 Å². The first-order valence-corrected chi connectivity index (χ1v) is 8.40. The summed E-state index contributed by atoms with van der Waals surface area (Å²) in [6.07, 6.45) is 8.54. The second-order valence-corrected chi connectivity index (χ2v) is 6.59. The summed E-state index contributed by atoms with van der Waals surface area (Å²) in [6.45, 7) is 4.98. The van der Waals surface area contributed by atoms with Gasteiger partial charge in [0.2, 0.25) is 0 Å². The van der Waals surface area contributed by atoms with Crippen LogP contribution in [0.25, 0.3) is 0 Å². The van der Waals surface area contributed by atoms with Crippen LogP contribution in [0.5, 0.6) is 0 Å². The summed E-state index contributed by atoms with van der Waals surface area (Å²) >= 11 is 0. The molecular formula is C18H28N2. The van der Waals surface area contributed by atoms with Gasteiger partial charge in [-0.1, -0.05) is 43.2 Å². The molecule has 1 saturated carbocycles. The Morgan fingerprint density at radius 1 is 0.950 bits per heavy atom. The lowest BCUT2D eigenvalue weighted by Crippen LogP contribution is -2.43. The summed E-state index contributed by atoms with van der Waals surface area (Å²) in [4.78, 5) is 2.71. The molecule has 0 aromatic heterocycles. The Bertz CT molecular complexity index is 376. The predicted molar refractivity (Wildman–Crippen MR) is 84.7 cm³/mol. The zero-order valence-corrected chi connectivity index (χ0v) is 12.6. The van der Waals surface area contributed by atoms with E-state index in [0.29, 0.717) is 0 Å². The number of rotatable bonds is 5. The number of hydrogen-bond donors (Lipinski definition) is 1. The Morgan fingerprint density at radius 2 is 1.65 bits per heavy atom. The van der Waals surface area contributed by atoms with Crippen LogP contribution in [0.1, 0.15) is 44.1 Å². The first kappa shape index (κ1) is 14.1. The third kappa shape index (κ3) is 4.07. The number of hydrogen-bond acceptors (Lipinski definition) is 2. The normalized spacial score (nSPS) is 22.4. The van der Waals surface area contributed by atoms with Crippen LogP contribution in [0.2, 0.25) is 0 Å². The van der Waals surface area contributed by atoms with Gasteiger partial charge in [0.05, 0.1) is 0 Å². The summed E-state index contributed by atoms with van der Waals surface area (Å²) < 4.78 is 0. The molecule has 1 aliphatic heterocycles. The Morgan fingerprint density at radius 3 is 2.35 bits per heavy atom. The largest absolute Gasteiger partial charge is 0.310 e. The lowest BCUT2D eigenvalue weighted by molar-refractivity contribution is 0.172. The SMILES string of the molecule is c1ccc(CNC2CCN(CC3CCCC3)CC2)cc1. The molecule has 1 heterocycles. The third-order valence-electron chi connectivity index (χ3n) is 5.02. The Kier molecular flexibility index (Phi) is 5.10. The van der Waals surface area contributed by atoms with Crippen LogP contribution in [0.4, 0.5) is 0 Å². The van der Waals surface area contributed by atoms with Crippen molar-refractivity contribution in [2.75, 3.05) is 19.6 Å². The fourth-order valence-corrected chi connectivity index (χ4v) is 3.74. The highest BCUT2D eigenvalue weighted by atomic mass is 15.1. The molecule has 1 aromatic carbocycles. The van der Waals surface area contributed by atoms with Crippen LogP contribution < -0.4 is 5.32 Å². The lowest BCUT2D eigenvalue weighted by atomic mass is 10.0. The van der Waals surface area contributed by atoms with Gasteiger partial charge in [-0.05, 0) is 50.3 Å². The van der Waals surface area contributed by atoms with E-state index < -0.39 is 0 Å². The van der Waals surface area contributed by atoms with Gasteiger partial charge in [-0.15, -0.1) is 0 Å². The fourth-order valence-electron chi connectivity index (χ4n) is 3.74. The van der Waals surface area contributed by atoms with E-state index in [2.05, 4.69) is 40.5 Å². The highest BCUT2D eigenvalue weighted by molar-refractivity contribution is 5.14. The molecule has 1 N–H and O–H groups in total. The monoisotopic (exact) mass is 272 g/mol. The number of nitrogens with zero attached hydrogens (tertiary/aromatic N) is 1. The van der Waals surface area contributed by atoms with Crippen molar-refractivity contribution in [2.24, 2.45) is 5.92 Å². The minimum absolute atomic E-state index is 0.718. The molecule has 0 spiro atoms. The summed E-state index contributed by atoms with van der Waals surface area (Å²) in [7, 11) is 0. The number of likely N-dealkylation sites (tertiary alicyclic amines) is 1. The Balaban J connectivity index is 1.35. The summed E-state index contributed by atoms with van der Waals surface area (Å²) in [5.41, 5.74) is 1.40. The molecule has 0 amide bonds. The maximum atomic E-state index is 3.73. The van der Waals surface area contributed by atoms with Crippen molar-refractivity contribution >= 4 is 0 Å². The van der Waals surface area contributed by atoms with E-state index in [0.717, 1.165) is 18.5 Å². The van der Waals surface area contributed by atoms with Crippen molar-refractivity contribution in [2.45, 2.75) is 51.1 Å². The third-order valence-corrected chi connectivity index (χ3v) is 5.02. The minimum Gasteiger partial charge on any atom is -0.310 e. The average Bonchev–Trinajstić information content (AvgIpc) is 3.01. The highest BCUT2D eigenvalue weighted by Crippen LogP contribution is 2.26. The molecule has 110 valence electrons. The van der Waals surface area contributed by atoms with Crippen molar-refractivity contribution < 1.29 is 0 Å². The fraction of sp³-hybridized carbons (Fsp3) is 0.667. The summed E-state index contributed by atoms with van der Waals surface area (Å²) in [5, 5.41) is 3.73. The van der Waals surface area contributed by atoms with Crippen molar-refractivity contribution in [3.05, 3.63) is 35.9 Å². The van der Waals surface area contributed by atoms with E-state index in [1.165, 1.54) is 63.7 Å². The van der Waals surface area contributed by atoms with Gasteiger partial charge in [0, 0.05) is 19.1 Å². The maximum Gasteiger partial charge on any atom is 0.0208 e. The first-order valence-electron chi connectivity index (χ1n) is 8.40. The predicted octanol–water partition coefficient (Wildman–Crippen LogP) is 3.43. The van der Waals surface area contributed by atoms with Crippen LogP contribution in [-0.2, 0) is 6.54 Å². The van der Waals surface area contributed by atoms with Crippen LogP contribution in [0.15, 0.2) is 30.3 Å². The first-order chi connectivity index (χ1) is 9.90. The van der Waals surface area contributed by atoms with Gasteiger partial charge in [0.25, 0.3) is 0 Å². The molecule has 2 fully saturated rings.